The number of ketones is 1. The number of Topliss-reactive ketones (excluding diaryl/α,β-unsaturated/α-hetero) is 1. The Morgan fingerprint density at radius 3 is 2.73 bits per heavy atom. The van der Waals surface area contributed by atoms with Crippen LogP contribution in [0.15, 0.2) is 59.7 Å². The molecule has 0 amide bonds. The van der Waals surface area contributed by atoms with Gasteiger partial charge in [0.25, 0.3) is 0 Å². The van der Waals surface area contributed by atoms with E-state index in [0.29, 0.717) is 23.1 Å². The van der Waals surface area contributed by atoms with E-state index in [2.05, 4.69) is 0 Å². The zero-order chi connectivity index (χ0) is 15.1. The van der Waals surface area contributed by atoms with Crippen molar-refractivity contribution >= 4 is 17.9 Å². The van der Waals surface area contributed by atoms with Crippen molar-refractivity contribution in [2.24, 2.45) is 0 Å². The Balaban J connectivity index is 1.72. The molecule has 1 aliphatic carbocycles. The number of ether oxygens (including phenoxy) is 1. The third-order valence-corrected chi connectivity index (χ3v) is 4.07. The minimum atomic E-state index is -0.223. The number of para-hydroxylation sites is 2. The summed E-state index contributed by atoms with van der Waals surface area (Å²) in [5, 5.41) is 9.86. The summed E-state index contributed by atoms with van der Waals surface area (Å²) >= 11 is 0. The van der Waals surface area contributed by atoms with Crippen LogP contribution in [0.25, 0.3) is 12.2 Å². The molecule has 1 fully saturated rings. The first-order chi connectivity index (χ1) is 10.7. The summed E-state index contributed by atoms with van der Waals surface area (Å²) in [7, 11) is 0. The van der Waals surface area contributed by atoms with Gasteiger partial charge in [0.1, 0.15) is 17.6 Å². The van der Waals surface area contributed by atoms with E-state index in [1.54, 1.807) is 24.3 Å². The second-order valence-corrected chi connectivity index (χ2v) is 5.51. The second kappa shape index (κ2) is 4.88. The molecule has 1 unspecified atom stereocenters. The number of benzene rings is 2. The maximum absolute atomic E-state index is 12.6. The van der Waals surface area contributed by atoms with E-state index >= 15 is 0 Å². The third-order valence-electron chi connectivity index (χ3n) is 4.07. The predicted molar refractivity (Wildman–Crippen MR) is 84.5 cm³/mol. The summed E-state index contributed by atoms with van der Waals surface area (Å²) < 4.78 is 5.93. The van der Waals surface area contributed by atoms with E-state index in [1.807, 2.05) is 36.4 Å². The van der Waals surface area contributed by atoms with Crippen LogP contribution >= 0.6 is 0 Å². The molecule has 1 saturated carbocycles. The van der Waals surface area contributed by atoms with Crippen LogP contribution in [-0.4, -0.2) is 17.0 Å². The summed E-state index contributed by atoms with van der Waals surface area (Å²) in [6.45, 7) is 0. The highest BCUT2D eigenvalue weighted by atomic mass is 16.5. The number of carbonyl (C=O) groups is 1. The first-order valence-corrected chi connectivity index (χ1v) is 7.23. The minimum absolute atomic E-state index is 0.00255. The molecule has 2 aliphatic rings. The molecule has 3 heteroatoms. The highest BCUT2D eigenvalue weighted by molar-refractivity contribution is 6.17. The fourth-order valence-electron chi connectivity index (χ4n) is 2.95. The van der Waals surface area contributed by atoms with E-state index in [1.165, 1.54) is 0 Å². The van der Waals surface area contributed by atoms with Gasteiger partial charge in [-0.05, 0) is 24.3 Å². The van der Waals surface area contributed by atoms with E-state index in [-0.39, 0.29) is 17.6 Å². The first kappa shape index (κ1) is 12.9. The Kier molecular flexibility index (Phi) is 2.86. The molecule has 1 aliphatic heterocycles. The van der Waals surface area contributed by atoms with Crippen molar-refractivity contribution in [3.63, 3.8) is 0 Å². The van der Waals surface area contributed by atoms with Crippen molar-refractivity contribution in [1.29, 1.82) is 0 Å². The molecule has 2 aromatic carbocycles. The van der Waals surface area contributed by atoms with Gasteiger partial charge in [0.15, 0.2) is 5.78 Å². The molecule has 3 nitrogen and oxygen atoms in total. The Labute approximate surface area is 128 Å². The van der Waals surface area contributed by atoms with Gasteiger partial charge in [0, 0.05) is 28.7 Å². The number of hydrogen-bond donors (Lipinski definition) is 1. The number of phenols is 1. The zero-order valence-corrected chi connectivity index (χ0v) is 11.8. The molecule has 2 aromatic rings. The maximum Gasteiger partial charge on any atom is 0.188 e. The van der Waals surface area contributed by atoms with Crippen molar-refractivity contribution in [3.05, 3.63) is 70.8 Å². The summed E-state index contributed by atoms with van der Waals surface area (Å²) in [5.41, 5.74) is 2.96. The van der Waals surface area contributed by atoms with Crippen molar-refractivity contribution in [1.82, 2.24) is 0 Å². The number of aromatic hydroxyl groups is 1. The lowest BCUT2D eigenvalue weighted by atomic mass is 10.0. The Morgan fingerprint density at radius 1 is 1.09 bits per heavy atom. The normalized spacial score (nSPS) is 21.1. The quantitative estimate of drug-likeness (QED) is 0.816. The van der Waals surface area contributed by atoms with Crippen LogP contribution in [0.4, 0.5) is 0 Å². The zero-order valence-electron chi connectivity index (χ0n) is 11.8. The topological polar surface area (TPSA) is 46.5 Å². The van der Waals surface area contributed by atoms with Crippen molar-refractivity contribution in [2.75, 3.05) is 0 Å². The second-order valence-electron chi connectivity index (χ2n) is 5.51. The van der Waals surface area contributed by atoms with Crippen LogP contribution in [-0.2, 0) is 4.79 Å². The highest BCUT2D eigenvalue weighted by Crippen LogP contribution is 2.39. The first-order valence-electron chi connectivity index (χ1n) is 7.23. The van der Waals surface area contributed by atoms with Gasteiger partial charge in [-0.3, -0.25) is 4.79 Å². The van der Waals surface area contributed by atoms with Gasteiger partial charge in [-0.15, -0.1) is 0 Å². The molecule has 1 atom stereocenters. The van der Waals surface area contributed by atoms with Gasteiger partial charge in [0.2, 0.25) is 0 Å². The molecule has 108 valence electrons. The molecule has 0 radical (unpaired) electrons. The average molecular weight is 290 g/mol. The predicted octanol–water partition coefficient (Wildman–Crippen LogP) is 3.59. The van der Waals surface area contributed by atoms with Crippen LogP contribution in [0.3, 0.4) is 0 Å². The monoisotopic (exact) mass is 290 g/mol. The van der Waals surface area contributed by atoms with E-state index in [4.69, 9.17) is 4.74 Å². The Bertz CT molecular complexity index is 830. The summed E-state index contributed by atoms with van der Waals surface area (Å²) in [5.74, 6) is 0.992. The van der Waals surface area contributed by atoms with Gasteiger partial charge in [-0.25, -0.2) is 0 Å². The van der Waals surface area contributed by atoms with Crippen LogP contribution in [0.1, 0.15) is 17.5 Å². The molecule has 4 rings (SSSR count). The van der Waals surface area contributed by atoms with Gasteiger partial charge in [-0.2, -0.15) is 0 Å². The summed E-state index contributed by atoms with van der Waals surface area (Å²) in [6.07, 6.45) is 3.98. The van der Waals surface area contributed by atoms with Crippen molar-refractivity contribution in [2.45, 2.75) is 12.5 Å². The summed E-state index contributed by atoms with van der Waals surface area (Å²) in [4.78, 5) is 12.6. The number of fused-ring (bicyclic) bond motifs is 2. The fraction of sp³-hybridized carbons (Fsp3) is 0.105. The largest absolute Gasteiger partial charge is 0.507 e. The van der Waals surface area contributed by atoms with Gasteiger partial charge >= 0.3 is 0 Å². The molecule has 0 bridgehead atoms. The smallest absolute Gasteiger partial charge is 0.188 e. The highest BCUT2D eigenvalue weighted by Gasteiger charge is 2.37. The van der Waals surface area contributed by atoms with Gasteiger partial charge in [0.05, 0.1) is 0 Å². The van der Waals surface area contributed by atoms with E-state index in [0.717, 1.165) is 11.3 Å². The molecular formula is C19H14O3. The van der Waals surface area contributed by atoms with E-state index < -0.39 is 0 Å². The summed E-state index contributed by atoms with van der Waals surface area (Å²) in [6, 6.07) is 14.7. The fourth-order valence-corrected chi connectivity index (χ4v) is 2.95. The standard InChI is InChI=1S/C19H14O3/c20-16-7-3-1-5-12(16)9-14-11-18-15(19(14)21)10-13-6-2-4-8-17(13)22-18/h1-10,18,20H,11H2. The van der Waals surface area contributed by atoms with Crippen LogP contribution < -0.4 is 4.74 Å². The van der Waals surface area contributed by atoms with Gasteiger partial charge in [-0.1, -0.05) is 36.4 Å². The molecule has 22 heavy (non-hydrogen) atoms. The molecule has 0 aromatic heterocycles. The lowest BCUT2D eigenvalue weighted by Crippen LogP contribution is -2.19. The van der Waals surface area contributed by atoms with Gasteiger partial charge < -0.3 is 9.84 Å². The molecule has 1 heterocycles. The van der Waals surface area contributed by atoms with Crippen molar-refractivity contribution < 1.29 is 14.6 Å². The minimum Gasteiger partial charge on any atom is -0.507 e. The number of phenolic OH excluding ortho intramolecular Hbond substituents is 1. The third kappa shape index (κ3) is 2.02. The average Bonchev–Trinajstić information content (AvgIpc) is 2.83. The lowest BCUT2D eigenvalue weighted by Gasteiger charge is -2.20. The number of carbonyl (C=O) groups excluding carboxylic acids is 1. The van der Waals surface area contributed by atoms with Crippen LogP contribution in [0.5, 0.6) is 11.5 Å². The molecule has 0 saturated heterocycles. The molecule has 1 N–H and O–H groups in total. The Morgan fingerprint density at radius 2 is 1.86 bits per heavy atom. The number of hydrogen-bond acceptors (Lipinski definition) is 3. The maximum atomic E-state index is 12.6. The molecular weight excluding hydrogens is 276 g/mol. The number of rotatable bonds is 1. The SMILES string of the molecule is O=C1C(=Cc2ccccc2O)CC2Oc3ccccc3C=C12. The van der Waals surface area contributed by atoms with Crippen LogP contribution in [0, 0.1) is 0 Å². The van der Waals surface area contributed by atoms with Crippen molar-refractivity contribution in [3.8, 4) is 11.5 Å². The Hall–Kier alpha value is -2.81. The molecule has 0 spiro atoms. The van der Waals surface area contributed by atoms with E-state index in [9.17, 15) is 9.90 Å². The lowest BCUT2D eigenvalue weighted by molar-refractivity contribution is -0.111. The van der Waals surface area contributed by atoms with Crippen LogP contribution in [0.2, 0.25) is 0 Å².